The van der Waals surface area contributed by atoms with Crippen molar-refractivity contribution >= 4 is 22.7 Å². The SMILES string of the molecule is CCn1c(Sc2nc3ccccc3cc2C#N)n[nH]c1=O. The van der Waals surface area contributed by atoms with E-state index >= 15 is 0 Å². The Hall–Kier alpha value is -2.59. The summed E-state index contributed by atoms with van der Waals surface area (Å²) >= 11 is 1.21. The Morgan fingerprint density at radius 2 is 2.24 bits per heavy atom. The molecule has 3 aromatic rings. The van der Waals surface area contributed by atoms with Crippen molar-refractivity contribution in [1.82, 2.24) is 19.7 Å². The molecule has 1 N–H and O–H groups in total. The van der Waals surface area contributed by atoms with Crippen molar-refractivity contribution in [2.75, 3.05) is 0 Å². The van der Waals surface area contributed by atoms with Crippen molar-refractivity contribution in [3.8, 4) is 6.07 Å². The Balaban J connectivity index is 2.11. The fourth-order valence-electron chi connectivity index (χ4n) is 2.00. The molecule has 0 atom stereocenters. The van der Waals surface area contributed by atoms with Gasteiger partial charge in [0.05, 0.1) is 11.1 Å². The van der Waals surface area contributed by atoms with Crippen molar-refractivity contribution in [2.45, 2.75) is 23.7 Å². The Bertz CT molecular complexity index is 906. The van der Waals surface area contributed by atoms with Crippen molar-refractivity contribution in [3.63, 3.8) is 0 Å². The number of nitriles is 1. The number of pyridine rings is 1. The summed E-state index contributed by atoms with van der Waals surface area (Å²) in [4.78, 5) is 16.1. The third-order valence-corrected chi connectivity index (χ3v) is 4.04. The van der Waals surface area contributed by atoms with E-state index in [9.17, 15) is 10.1 Å². The highest BCUT2D eigenvalue weighted by Crippen LogP contribution is 2.28. The summed E-state index contributed by atoms with van der Waals surface area (Å²) in [7, 11) is 0. The van der Waals surface area contributed by atoms with Crippen LogP contribution in [0.25, 0.3) is 10.9 Å². The summed E-state index contributed by atoms with van der Waals surface area (Å²) in [6.07, 6.45) is 0. The third kappa shape index (κ3) is 2.41. The quantitative estimate of drug-likeness (QED) is 0.800. The number of fused-ring (bicyclic) bond motifs is 1. The highest BCUT2D eigenvalue weighted by atomic mass is 32.2. The summed E-state index contributed by atoms with van der Waals surface area (Å²) in [5, 5.41) is 17.6. The van der Waals surface area contributed by atoms with E-state index in [0.717, 1.165) is 10.9 Å². The molecule has 0 unspecified atom stereocenters. The van der Waals surface area contributed by atoms with E-state index in [-0.39, 0.29) is 5.69 Å². The first-order chi connectivity index (χ1) is 10.2. The molecule has 2 aromatic heterocycles. The molecule has 0 fully saturated rings. The number of H-pyrrole nitrogens is 1. The molecule has 0 amide bonds. The molecule has 21 heavy (non-hydrogen) atoms. The van der Waals surface area contributed by atoms with Gasteiger partial charge in [-0.15, -0.1) is 5.10 Å². The van der Waals surface area contributed by atoms with Gasteiger partial charge in [-0.25, -0.2) is 14.9 Å². The zero-order chi connectivity index (χ0) is 14.8. The number of aromatic nitrogens is 4. The predicted octanol–water partition coefficient (Wildman–Crippen LogP) is 2.16. The predicted molar refractivity (Wildman–Crippen MR) is 79.1 cm³/mol. The minimum absolute atomic E-state index is 0.265. The van der Waals surface area contributed by atoms with Gasteiger partial charge >= 0.3 is 5.69 Å². The lowest BCUT2D eigenvalue weighted by molar-refractivity contribution is 0.660. The largest absolute Gasteiger partial charge is 0.343 e. The Kier molecular flexibility index (Phi) is 3.46. The lowest BCUT2D eigenvalue weighted by Gasteiger charge is -2.05. The second kappa shape index (κ2) is 5.42. The molecule has 7 heteroatoms. The maximum Gasteiger partial charge on any atom is 0.343 e. The van der Waals surface area contributed by atoms with E-state index in [1.54, 1.807) is 6.07 Å². The van der Waals surface area contributed by atoms with Gasteiger partial charge in [-0.05, 0) is 30.8 Å². The monoisotopic (exact) mass is 297 g/mol. The normalized spacial score (nSPS) is 10.7. The molecule has 0 aliphatic heterocycles. The minimum atomic E-state index is -0.265. The molecule has 0 bridgehead atoms. The molecule has 3 rings (SSSR count). The number of nitrogens with zero attached hydrogens (tertiary/aromatic N) is 4. The Morgan fingerprint density at radius 3 is 3.00 bits per heavy atom. The first-order valence-electron chi connectivity index (χ1n) is 6.36. The van der Waals surface area contributed by atoms with Crippen LogP contribution in [0, 0.1) is 11.3 Å². The third-order valence-electron chi connectivity index (χ3n) is 3.04. The van der Waals surface area contributed by atoms with Crippen molar-refractivity contribution in [3.05, 3.63) is 46.4 Å². The zero-order valence-corrected chi connectivity index (χ0v) is 12.0. The number of aromatic amines is 1. The van der Waals surface area contributed by atoms with Crippen molar-refractivity contribution in [1.29, 1.82) is 5.26 Å². The fraction of sp³-hybridized carbons (Fsp3) is 0.143. The van der Waals surface area contributed by atoms with E-state index in [2.05, 4.69) is 21.3 Å². The topological polar surface area (TPSA) is 87.4 Å². The molecule has 0 aliphatic rings. The van der Waals surface area contributed by atoms with Crippen molar-refractivity contribution in [2.24, 2.45) is 0 Å². The molecule has 0 saturated heterocycles. The van der Waals surface area contributed by atoms with Gasteiger partial charge in [0.1, 0.15) is 11.1 Å². The van der Waals surface area contributed by atoms with Gasteiger partial charge in [-0.3, -0.25) is 4.57 Å². The summed E-state index contributed by atoms with van der Waals surface area (Å²) in [5.74, 6) is 0. The van der Waals surface area contributed by atoms with Gasteiger partial charge < -0.3 is 0 Å². The smallest absolute Gasteiger partial charge is 0.270 e. The molecule has 6 nitrogen and oxygen atoms in total. The molecule has 104 valence electrons. The van der Waals surface area contributed by atoms with Crippen LogP contribution in [0.3, 0.4) is 0 Å². The zero-order valence-electron chi connectivity index (χ0n) is 11.2. The van der Waals surface area contributed by atoms with Gasteiger partial charge in [-0.1, -0.05) is 18.2 Å². The number of hydrogen-bond acceptors (Lipinski definition) is 5. The van der Waals surface area contributed by atoms with Crippen LogP contribution in [-0.2, 0) is 6.54 Å². The van der Waals surface area contributed by atoms with E-state index in [1.165, 1.54) is 16.3 Å². The number of hydrogen-bond donors (Lipinski definition) is 1. The van der Waals surface area contributed by atoms with Gasteiger partial charge in [-0.2, -0.15) is 5.26 Å². The Morgan fingerprint density at radius 1 is 1.43 bits per heavy atom. The first-order valence-corrected chi connectivity index (χ1v) is 7.17. The van der Waals surface area contributed by atoms with Crippen LogP contribution in [0.2, 0.25) is 0 Å². The van der Waals surface area contributed by atoms with E-state index in [1.807, 2.05) is 31.2 Å². The standard InChI is InChI=1S/C14H11N5OS/c1-2-19-13(20)17-18-14(19)21-12-10(8-15)7-9-5-3-4-6-11(9)16-12/h3-7H,2H2,1H3,(H,17,20). The first kappa shape index (κ1) is 13.4. The van der Waals surface area contributed by atoms with Gasteiger partial charge in [0.25, 0.3) is 0 Å². The van der Waals surface area contributed by atoms with Crippen LogP contribution in [0.4, 0.5) is 0 Å². The highest BCUT2D eigenvalue weighted by molar-refractivity contribution is 7.99. The maximum atomic E-state index is 11.6. The molecular weight excluding hydrogens is 286 g/mol. The summed E-state index contributed by atoms with van der Waals surface area (Å²) < 4.78 is 1.50. The Labute approximate surface area is 124 Å². The number of nitrogens with one attached hydrogen (secondary N) is 1. The van der Waals surface area contributed by atoms with Crippen LogP contribution in [0.15, 0.2) is 45.3 Å². The second-order valence-electron chi connectivity index (χ2n) is 4.30. The maximum absolute atomic E-state index is 11.6. The molecule has 0 aliphatic carbocycles. The summed E-state index contributed by atoms with van der Waals surface area (Å²) in [6, 6.07) is 11.5. The van der Waals surface area contributed by atoms with Crippen molar-refractivity contribution < 1.29 is 0 Å². The van der Waals surface area contributed by atoms with E-state index in [4.69, 9.17) is 0 Å². The summed E-state index contributed by atoms with van der Waals surface area (Å²) in [6.45, 7) is 2.37. The average molecular weight is 297 g/mol. The van der Waals surface area contributed by atoms with Gasteiger partial charge in [0.15, 0.2) is 5.16 Å². The average Bonchev–Trinajstić information content (AvgIpc) is 2.86. The fourth-order valence-corrected chi connectivity index (χ4v) is 2.95. The number of para-hydroxylation sites is 1. The minimum Gasteiger partial charge on any atom is -0.270 e. The molecule has 2 heterocycles. The van der Waals surface area contributed by atoms with Crippen LogP contribution in [-0.4, -0.2) is 19.7 Å². The van der Waals surface area contributed by atoms with Crippen LogP contribution in [0.5, 0.6) is 0 Å². The molecule has 0 spiro atoms. The van der Waals surface area contributed by atoms with Crippen LogP contribution < -0.4 is 5.69 Å². The highest BCUT2D eigenvalue weighted by Gasteiger charge is 2.13. The van der Waals surface area contributed by atoms with Crippen LogP contribution in [0.1, 0.15) is 12.5 Å². The molecule has 1 aromatic carbocycles. The lowest BCUT2D eigenvalue weighted by Crippen LogP contribution is -2.16. The van der Waals surface area contributed by atoms with E-state index in [0.29, 0.717) is 22.3 Å². The number of rotatable bonds is 3. The lowest BCUT2D eigenvalue weighted by atomic mass is 10.2. The molecular formula is C14H11N5OS. The molecule has 0 saturated carbocycles. The van der Waals surface area contributed by atoms with Crippen LogP contribution >= 0.6 is 11.8 Å². The summed E-state index contributed by atoms with van der Waals surface area (Å²) in [5.41, 5.74) is 1.01. The number of benzene rings is 1. The molecule has 0 radical (unpaired) electrons. The van der Waals surface area contributed by atoms with Gasteiger partial charge in [0, 0.05) is 11.9 Å². The van der Waals surface area contributed by atoms with E-state index < -0.39 is 0 Å². The second-order valence-corrected chi connectivity index (χ2v) is 5.26. The van der Waals surface area contributed by atoms with Gasteiger partial charge in [0.2, 0.25) is 0 Å².